The van der Waals surface area contributed by atoms with Gasteiger partial charge in [-0.1, -0.05) is 0 Å². The Morgan fingerprint density at radius 2 is 1.56 bits per heavy atom. The number of hydrogen-bond donors (Lipinski definition) is 3. The number of nitrogens with one attached hydrogen (secondary N) is 3. The summed E-state index contributed by atoms with van der Waals surface area (Å²) in [6.07, 6.45) is 2.35. The number of urea groups is 1. The van der Waals surface area contributed by atoms with E-state index in [0.29, 0.717) is 22.9 Å². The first-order chi connectivity index (χ1) is 15.6. The number of aromatic nitrogens is 2. The topological polar surface area (TPSA) is 101 Å². The molecular weight excluding hydrogens is 408 g/mol. The number of aryl methyl sites for hydroxylation is 1. The van der Waals surface area contributed by atoms with Gasteiger partial charge in [0.15, 0.2) is 11.5 Å². The van der Waals surface area contributed by atoms with Crippen LogP contribution in [0.25, 0.3) is 0 Å². The van der Waals surface area contributed by atoms with Crippen LogP contribution in [0.5, 0.6) is 11.5 Å². The predicted molar refractivity (Wildman–Crippen MR) is 123 cm³/mol. The molecule has 3 N–H and O–H groups in total. The molecule has 1 saturated heterocycles. The van der Waals surface area contributed by atoms with Crippen molar-refractivity contribution in [3.8, 4) is 11.5 Å². The molecule has 0 unspecified atom stereocenters. The summed E-state index contributed by atoms with van der Waals surface area (Å²) < 4.78 is 10.6. The van der Waals surface area contributed by atoms with E-state index in [1.54, 1.807) is 18.2 Å². The van der Waals surface area contributed by atoms with Gasteiger partial charge in [0.05, 0.1) is 0 Å². The van der Waals surface area contributed by atoms with E-state index in [-0.39, 0.29) is 12.8 Å². The monoisotopic (exact) mass is 432 g/mol. The molecule has 164 valence electrons. The van der Waals surface area contributed by atoms with E-state index in [2.05, 4.69) is 30.8 Å². The molecule has 2 aliphatic heterocycles. The van der Waals surface area contributed by atoms with Crippen LogP contribution in [0.3, 0.4) is 0 Å². The van der Waals surface area contributed by atoms with Crippen molar-refractivity contribution in [2.24, 2.45) is 0 Å². The molecular formula is C23H24N6O3. The van der Waals surface area contributed by atoms with E-state index in [1.807, 2.05) is 37.3 Å². The molecule has 2 aliphatic rings. The van der Waals surface area contributed by atoms with Crippen LogP contribution in [0.1, 0.15) is 18.5 Å². The predicted octanol–water partition coefficient (Wildman–Crippen LogP) is 4.50. The van der Waals surface area contributed by atoms with Crippen molar-refractivity contribution in [1.29, 1.82) is 0 Å². The Bertz CT molecular complexity index is 1130. The highest BCUT2D eigenvalue weighted by Crippen LogP contribution is 2.34. The minimum absolute atomic E-state index is 0.194. The number of carbonyl (C=O) groups is 1. The van der Waals surface area contributed by atoms with E-state index in [0.717, 1.165) is 36.2 Å². The van der Waals surface area contributed by atoms with Gasteiger partial charge in [-0.05, 0) is 56.2 Å². The first-order valence-corrected chi connectivity index (χ1v) is 10.6. The van der Waals surface area contributed by atoms with Crippen LogP contribution in [0, 0.1) is 6.92 Å². The summed E-state index contributed by atoms with van der Waals surface area (Å²) >= 11 is 0. The standard InChI is InChI=1S/C23H24N6O3/c1-15-12-21(28-22(24-15)29-10-2-3-11-29)25-16-4-6-17(7-5-16)26-23(30)27-18-8-9-19-20(13-18)32-14-31-19/h4-9,12-13H,2-3,10-11,14H2,1H3,(H,24,25,28)(H2,26,27,30). The molecule has 9 nitrogen and oxygen atoms in total. The van der Waals surface area contributed by atoms with Gasteiger partial charge in [-0.15, -0.1) is 0 Å². The molecule has 0 spiro atoms. The Balaban J connectivity index is 1.20. The van der Waals surface area contributed by atoms with Crippen molar-refractivity contribution >= 4 is 34.9 Å². The average Bonchev–Trinajstić information content (AvgIpc) is 3.46. The summed E-state index contributed by atoms with van der Waals surface area (Å²) in [4.78, 5) is 23.8. The summed E-state index contributed by atoms with van der Waals surface area (Å²) in [5.41, 5.74) is 3.09. The molecule has 2 amide bonds. The highest BCUT2D eigenvalue weighted by molar-refractivity contribution is 6.00. The molecule has 0 aliphatic carbocycles. The summed E-state index contributed by atoms with van der Waals surface area (Å²) in [5.74, 6) is 2.81. The zero-order chi connectivity index (χ0) is 21.9. The summed E-state index contributed by atoms with van der Waals surface area (Å²) in [6.45, 7) is 4.16. The van der Waals surface area contributed by atoms with Gasteiger partial charge in [0.1, 0.15) is 5.82 Å². The highest BCUT2D eigenvalue weighted by Gasteiger charge is 2.16. The molecule has 0 saturated carbocycles. The third kappa shape index (κ3) is 4.51. The van der Waals surface area contributed by atoms with Crippen molar-refractivity contribution in [2.45, 2.75) is 19.8 Å². The molecule has 2 aromatic carbocycles. The van der Waals surface area contributed by atoms with Crippen LogP contribution in [0.4, 0.5) is 33.6 Å². The number of anilines is 5. The Labute approximate surface area is 185 Å². The van der Waals surface area contributed by atoms with Crippen molar-refractivity contribution < 1.29 is 14.3 Å². The molecule has 5 rings (SSSR count). The minimum Gasteiger partial charge on any atom is -0.454 e. The van der Waals surface area contributed by atoms with Gasteiger partial charge in [0, 0.05) is 48.0 Å². The maximum absolute atomic E-state index is 12.3. The number of hydrogen-bond acceptors (Lipinski definition) is 7. The van der Waals surface area contributed by atoms with Crippen LogP contribution in [0.15, 0.2) is 48.5 Å². The normalized spacial score (nSPS) is 14.3. The summed E-state index contributed by atoms with van der Waals surface area (Å²) in [5, 5.41) is 8.93. The second-order valence-corrected chi connectivity index (χ2v) is 7.74. The Kier molecular flexibility index (Phi) is 5.37. The van der Waals surface area contributed by atoms with Gasteiger partial charge >= 0.3 is 6.03 Å². The lowest BCUT2D eigenvalue weighted by molar-refractivity contribution is 0.174. The van der Waals surface area contributed by atoms with Crippen molar-refractivity contribution in [1.82, 2.24) is 9.97 Å². The second kappa shape index (κ2) is 8.62. The Hall–Kier alpha value is -4.01. The van der Waals surface area contributed by atoms with Gasteiger partial charge in [-0.3, -0.25) is 0 Å². The molecule has 1 aromatic heterocycles. The van der Waals surface area contributed by atoms with Crippen LogP contribution >= 0.6 is 0 Å². The lowest BCUT2D eigenvalue weighted by Crippen LogP contribution is -2.21. The molecule has 1 fully saturated rings. The van der Waals surface area contributed by atoms with Gasteiger partial charge in [0.2, 0.25) is 12.7 Å². The maximum atomic E-state index is 12.3. The van der Waals surface area contributed by atoms with Crippen LogP contribution in [-0.4, -0.2) is 35.9 Å². The van der Waals surface area contributed by atoms with Crippen molar-refractivity contribution in [3.05, 3.63) is 54.2 Å². The smallest absolute Gasteiger partial charge is 0.323 e. The van der Waals surface area contributed by atoms with E-state index in [1.165, 1.54) is 12.8 Å². The van der Waals surface area contributed by atoms with Gasteiger partial charge in [-0.2, -0.15) is 4.98 Å². The quantitative estimate of drug-likeness (QED) is 0.546. The minimum atomic E-state index is -0.341. The fraction of sp³-hybridized carbons (Fsp3) is 0.261. The largest absolute Gasteiger partial charge is 0.454 e. The first kappa shape index (κ1) is 19.9. The lowest BCUT2D eigenvalue weighted by Gasteiger charge is -2.17. The lowest BCUT2D eigenvalue weighted by atomic mass is 10.2. The zero-order valence-electron chi connectivity index (χ0n) is 17.7. The molecule has 9 heteroatoms. The fourth-order valence-electron chi connectivity index (χ4n) is 3.73. The van der Waals surface area contributed by atoms with Crippen LogP contribution in [-0.2, 0) is 0 Å². The molecule has 0 bridgehead atoms. The molecule has 0 radical (unpaired) electrons. The number of fused-ring (bicyclic) bond motifs is 1. The van der Waals surface area contributed by atoms with Gasteiger partial charge in [0.25, 0.3) is 0 Å². The summed E-state index contributed by atoms with van der Waals surface area (Å²) in [7, 11) is 0. The van der Waals surface area contributed by atoms with Gasteiger partial charge < -0.3 is 30.3 Å². The molecule has 0 atom stereocenters. The zero-order valence-corrected chi connectivity index (χ0v) is 17.7. The van der Waals surface area contributed by atoms with E-state index >= 15 is 0 Å². The number of amides is 2. The van der Waals surface area contributed by atoms with E-state index < -0.39 is 0 Å². The SMILES string of the molecule is Cc1cc(Nc2ccc(NC(=O)Nc3ccc4c(c3)OCO4)cc2)nc(N2CCCC2)n1. The van der Waals surface area contributed by atoms with Crippen molar-refractivity contribution in [3.63, 3.8) is 0 Å². The molecule has 32 heavy (non-hydrogen) atoms. The second-order valence-electron chi connectivity index (χ2n) is 7.74. The summed E-state index contributed by atoms with van der Waals surface area (Å²) in [6, 6.07) is 14.3. The first-order valence-electron chi connectivity index (χ1n) is 10.6. The number of nitrogens with zero attached hydrogens (tertiary/aromatic N) is 3. The van der Waals surface area contributed by atoms with Crippen molar-refractivity contribution in [2.75, 3.05) is 40.7 Å². The third-order valence-corrected chi connectivity index (χ3v) is 5.28. The van der Waals surface area contributed by atoms with Crippen LogP contribution in [0.2, 0.25) is 0 Å². The number of ether oxygens (including phenoxy) is 2. The highest BCUT2D eigenvalue weighted by atomic mass is 16.7. The van der Waals surface area contributed by atoms with Gasteiger partial charge in [-0.25, -0.2) is 9.78 Å². The number of carbonyl (C=O) groups excluding carboxylic acids is 1. The Morgan fingerprint density at radius 1 is 0.875 bits per heavy atom. The maximum Gasteiger partial charge on any atom is 0.323 e. The number of benzene rings is 2. The Morgan fingerprint density at radius 3 is 2.38 bits per heavy atom. The van der Waals surface area contributed by atoms with Crippen LogP contribution < -0.4 is 30.3 Å². The molecule has 3 aromatic rings. The fourth-order valence-corrected chi connectivity index (χ4v) is 3.73. The third-order valence-electron chi connectivity index (χ3n) is 5.28. The average molecular weight is 432 g/mol. The van der Waals surface area contributed by atoms with E-state index in [9.17, 15) is 4.79 Å². The van der Waals surface area contributed by atoms with E-state index in [4.69, 9.17) is 9.47 Å². The molecule has 3 heterocycles. The number of rotatable bonds is 5.